The van der Waals surface area contributed by atoms with Gasteiger partial charge < -0.3 is 19.3 Å². The minimum Gasteiger partial charge on any atom is -0.458 e. The van der Waals surface area contributed by atoms with Crippen LogP contribution in [0.15, 0.2) is 36.0 Å². The van der Waals surface area contributed by atoms with Crippen LogP contribution in [-0.2, 0) is 28.6 Å². The molecule has 0 aromatic heterocycles. The van der Waals surface area contributed by atoms with E-state index in [0.29, 0.717) is 12.0 Å². The third-order valence-electron chi connectivity index (χ3n) is 5.70. The highest BCUT2D eigenvalue weighted by molar-refractivity contribution is 5.98. The first-order chi connectivity index (χ1) is 12.6. The molecule has 1 saturated carbocycles. The van der Waals surface area contributed by atoms with Gasteiger partial charge in [-0.25, -0.2) is 9.59 Å². The van der Waals surface area contributed by atoms with Gasteiger partial charge in [0.15, 0.2) is 11.9 Å². The highest BCUT2D eigenvalue weighted by atomic mass is 16.6. The molecule has 2 aliphatic heterocycles. The van der Waals surface area contributed by atoms with Crippen molar-refractivity contribution in [2.24, 2.45) is 5.92 Å². The van der Waals surface area contributed by atoms with E-state index in [1.54, 1.807) is 19.9 Å². The number of carbonyl (C=O) groups excluding carboxylic acids is 3. The first-order valence-electron chi connectivity index (χ1n) is 8.90. The molecule has 27 heavy (non-hydrogen) atoms. The molecule has 0 aromatic carbocycles. The Morgan fingerprint density at radius 1 is 1.33 bits per heavy atom. The summed E-state index contributed by atoms with van der Waals surface area (Å²) >= 11 is 0. The quantitative estimate of drug-likeness (QED) is 0.441. The maximum Gasteiger partial charge on any atom is 0.334 e. The molecule has 0 spiro atoms. The molecular weight excluding hydrogens is 352 g/mol. The predicted molar refractivity (Wildman–Crippen MR) is 94.5 cm³/mol. The Morgan fingerprint density at radius 3 is 2.63 bits per heavy atom. The Balaban J connectivity index is 1.97. The SMILES string of the molecule is C=C1C(=O)O[C@@H]2C[C@@]3(C)O[C@@H]3CC(=O)C(=C)[C@@H](OC(=O)/C(C)=C\C)[C@@H](O)[C@@H]12. The Labute approximate surface area is 157 Å². The van der Waals surface area contributed by atoms with Crippen LogP contribution in [-0.4, -0.2) is 52.8 Å². The molecule has 7 nitrogen and oxygen atoms in total. The van der Waals surface area contributed by atoms with Crippen LogP contribution in [0.2, 0.25) is 0 Å². The normalized spacial score (nSPS) is 39.4. The van der Waals surface area contributed by atoms with E-state index >= 15 is 0 Å². The van der Waals surface area contributed by atoms with Crippen molar-refractivity contribution in [2.45, 2.75) is 63.6 Å². The van der Waals surface area contributed by atoms with Gasteiger partial charge in [0.05, 0.1) is 17.6 Å². The van der Waals surface area contributed by atoms with Gasteiger partial charge in [-0.05, 0) is 20.8 Å². The number of Topliss-reactive ketones (excluding diaryl/α,β-unsaturated/α-hetero) is 1. The van der Waals surface area contributed by atoms with Crippen molar-refractivity contribution in [1.82, 2.24) is 0 Å². The summed E-state index contributed by atoms with van der Waals surface area (Å²) in [6.07, 6.45) is -1.77. The molecule has 0 bridgehead atoms. The van der Waals surface area contributed by atoms with E-state index in [9.17, 15) is 19.5 Å². The number of epoxide rings is 1. The Hall–Kier alpha value is -2.25. The number of aliphatic hydroxyl groups is 1. The van der Waals surface area contributed by atoms with Gasteiger partial charge in [-0.1, -0.05) is 19.2 Å². The van der Waals surface area contributed by atoms with Crippen molar-refractivity contribution >= 4 is 17.7 Å². The maximum atomic E-state index is 12.6. The molecular formula is C20H24O7. The first-order valence-corrected chi connectivity index (χ1v) is 8.90. The lowest BCUT2D eigenvalue weighted by Crippen LogP contribution is -2.45. The monoisotopic (exact) mass is 376 g/mol. The summed E-state index contributed by atoms with van der Waals surface area (Å²) in [4.78, 5) is 36.9. The molecule has 7 heteroatoms. The van der Waals surface area contributed by atoms with Crippen LogP contribution in [0.25, 0.3) is 0 Å². The first kappa shape index (κ1) is 19.5. The lowest BCUT2D eigenvalue weighted by Gasteiger charge is -2.31. The number of rotatable bonds is 2. The fourth-order valence-corrected chi connectivity index (χ4v) is 3.69. The van der Waals surface area contributed by atoms with Gasteiger partial charge in [0, 0.05) is 29.6 Å². The zero-order valence-corrected chi connectivity index (χ0v) is 15.7. The van der Waals surface area contributed by atoms with Crippen molar-refractivity contribution in [3.63, 3.8) is 0 Å². The van der Waals surface area contributed by atoms with Gasteiger partial charge in [-0.15, -0.1) is 0 Å². The van der Waals surface area contributed by atoms with E-state index in [0.717, 1.165) is 0 Å². The fraction of sp³-hybridized carbons (Fsp3) is 0.550. The minimum atomic E-state index is -1.39. The van der Waals surface area contributed by atoms with Crippen LogP contribution in [0.3, 0.4) is 0 Å². The topological polar surface area (TPSA) is 102 Å². The lowest BCUT2D eigenvalue weighted by atomic mass is 9.79. The molecule has 3 aliphatic rings. The molecule has 0 amide bonds. The van der Waals surface area contributed by atoms with Crippen molar-refractivity contribution in [2.75, 3.05) is 0 Å². The summed E-state index contributed by atoms with van der Waals surface area (Å²) in [6.45, 7) is 12.6. The highest BCUT2D eigenvalue weighted by Crippen LogP contribution is 2.48. The summed E-state index contributed by atoms with van der Waals surface area (Å²) in [6, 6.07) is 0. The second-order valence-electron chi connectivity index (χ2n) is 7.56. The number of aliphatic hydroxyl groups excluding tert-OH is 1. The zero-order valence-electron chi connectivity index (χ0n) is 15.7. The number of allylic oxidation sites excluding steroid dienone is 1. The molecule has 1 aliphatic carbocycles. The standard InChI is InChI=1S/C20H24O7/c1-6-9(2)18(23)26-17-10(3)12(21)7-14-20(5,27-14)8-13-15(16(17)22)11(4)19(24)25-13/h6,13-17,22H,3-4,7-8H2,1-2,5H3/b9-6-/t13-,14-,15+,16+,17-,20-/m1/s1. The van der Waals surface area contributed by atoms with Gasteiger partial charge in [0.2, 0.25) is 0 Å². The van der Waals surface area contributed by atoms with Gasteiger partial charge in [0.1, 0.15) is 12.2 Å². The molecule has 2 heterocycles. The van der Waals surface area contributed by atoms with E-state index in [1.165, 1.54) is 0 Å². The van der Waals surface area contributed by atoms with Crippen molar-refractivity contribution < 1.29 is 33.7 Å². The second kappa shape index (κ2) is 6.73. The number of carbonyl (C=O) groups is 3. The van der Waals surface area contributed by atoms with Crippen LogP contribution in [0.1, 0.15) is 33.6 Å². The summed E-state index contributed by atoms with van der Waals surface area (Å²) in [5.74, 6) is -2.47. The predicted octanol–water partition coefficient (Wildman–Crippen LogP) is 1.40. The largest absolute Gasteiger partial charge is 0.458 e. The van der Waals surface area contributed by atoms with Crippen LogP contribution in [0, 0.1) is 5.92 Å². The second-order valence-corrected chi connectivity index (χ2v) is 7.56. The van der Waals surface area contributed by atoms with Gasteiger partial charge in [-0.2, -0.15) is 0 Å². The highest BCUT2D eigenvalue weighted by Gasteiger charge is 2.59. The number of ketones is 1. The Bertz CT molecular complexity index is 764. The molecule has 146 valence electrons. The van der Waals surface area contributed by atoms with Crippen molar-refractivity contribution in [3.8, 4) is 0 Å². The number of fused-ring (bicyclic) bond motifs is 2. The van der Waals surface area contributed by atoms with Gasteiger partial charge >= 0.3 is 11.9 Å². The fourth-order valence-electron chi connectivity index (χ4n) is 3.69. The smallest absolute Gasteiger partial charge is 0.334 e. The minimum absolute atomic E-state index is 0.0367. The maximum absolute atomic E-state index is 12.6. The molecule has 0 unspecified atom stereocenters. The third kappa shape index (κ3) is 3.37. The number of esters is 2. The van der Waals surface area contributed by atoms with E-state index in [-0.39, 0.29) is 29.5 Å². The number of ether oxygens (including phenoxy) is 3. The summed E-state index contributed by atoms with van der Waals surface area (Å²) in [5.41, 5.74) is -0.246. The summed E-state index contributed by atoms with van der Waals surface area (Å²) in [5, 5.41) is 11.0. The molecule has 1 N–H and O–H groups in total. The van der Waals surface area contributed by atoms with Crippen LogP contribution in [0.5, 0.6) is 0 Å². The summed E-state index contributed by atoms with van der Waals surface area (Å²) in [7, 11) is 0. The molecule has 3 fully saturated rings. The van der Waals surface area contributed by atoms with E-state index in [4.69, 9.17) is 14.2 Å². The van der Waals surface area contributed by atoms with Gasteiger partial charge in [0.25, 0.3) is 0 Å². The van der Waals surface area contributed by atoms with E-state index in [1.807, 2.05) is 6.92 Å². The number of hydrogen-bond acceptors (Lipinski definition) is 7. The Kier molecular flexibility index (Phi) is 4.86. The zero-order chi connectivity index (χ0) is 20.1. The van der Waals surface area contributed by atoms with E-state index in [2.05, 4.69) is 13.2 Å². The van der Waals surface area contributed by atoms with Crippen molar-refractivity contribution in [3.05, 3.63) is 36.0 Å². The molecule has 0 aromatic rings. The van der Waals surface area contributed by atoms with Crippen LogP contribution in [0.4, 0.5) is 0 Å². The molecule has 3 rings (SSSR count). The lowest BCUT2D eigenvalue weighted by molar-refractivity contribution is -0.152. The average Bonchev–Trinajstić information content (AvgIpc) is 3.15. The average molecular weight is 376 g/mol. The van der Waals surface area contributed by atoms with Crippen molar-refractivity contribution in [1.29, 1.82) is 0 Å². The third-order valence-corrected chi connectivity index (χ3v) is 5.70. The van der Waals surface area contributed by atoms with Crippen LogP contribution >= 0.6 is 0 Å². The summed E-state index contributed by atoms with van der Waals surface area (Å²) < 4.78 is 16.5. The van der Waals surface area contributed by atoms with Gasteiger partial charge in [-0.3, -0.25) is 4.79 Å². The van der Waals surface area contributed by atoms with Crippen LogP contribution < -0.4 is 0 Å². The molecule has 0 radical (unpaired) electrons. The Morgan fingerprint density at radius 2 is 2.00 bits per heavy atom. The molecule has 2 saturated heterocycles. The molecule has 6 atom stereocenters. The van der Waals surface area contributed by atoms with E-state index < -0.39 is 41.8 Å². The number of hydrogen-bond donors (Lipinski definition) is 1.